The van der Waals surface area contributed by atoms with Crippen molar-refractivity contribution in [2.24, 2.45) is 0 Å². The summed E-state index contributed by atoms with van der Waals surface area (Å²) < 4.78 is 5.24. The largest absolute Gasteiger partial charge is 0.496 e. The number of nitrogens with one attached hydrogen (secondary N) is 2. The van der Waals surface area contributed by atoms with Crippen molar-refractivity contribution >= 4 is 12.0 Å². The fourth-order valence-electron chi connectivity index (χ4n) is 2.40. The molecule has 114 valence electrons. The van der Waals surface area contributed by atoms with Gasteiger partial charge in [-0.1, -0.05) is 18.2 Å². The molecular weight excluding hydrogens is 272 g/mol. The van der Waals surface area contributed by atoms with Crippen molar-refractivity contribution < 1.29 is 19.4 Å². The first kappa shape index (κ1) is 15.2. The smallest absolute Gasteiger partial charge is 0.329 e. The molecule has 0 spiro atoms. The van der Waals surface area contributed by atoms with Crippen LogP contribution in [0.1, 0.15) is 24.8 Å². The van der Waals surface area contributed by atoms with Crippen molar-refractivity contribution in [3.05, 3.63) is 29.8 Å². The Morgan fingerprint density at radius 1 is 1.33 bits per heavy atom. The lowest BCUT2D eigenvalue weighted by Crippen LogP contribution is -2.61. The monoisotopic (exact) mass is 292 g/mol. The summed E-state index contributed by atoms with van der Waals surface area (Å²) in [6.07, 6.45) is 2.43. The SMILES string of the molecule is COc1ccccc1CCNC(=O)NC1(C(=O)O)CCC1. The number of methoxy groups -OCH3 is 1. The second-order valence-corrected chi connectivity index (χ2v) is 5.18. The molecule has 0 aromatic heterocycles. The third-order valence-electron chi connectivity index (χ3n) is 3.84. The molecule has 0 aliphatic heterocycles. The van der Waals surface area contributed by atoms with Crippen molar-refractivity contribution in [3.63, 3.8) is 0 Å². The quantitative estimate of drug-likeness (QED) is 0.742. The zero-order chi connectivity index (χ0) is 15.3. The van der Waals surface area contributed by atoms with Crippen LogP contribution in [0.25, 0.3) is 0 Å². The van der Waals surface area contributed by atoms with Crippen molar-refractivity contribution in [1.82, 2.24) is 10.6 Å². The molecule has 1 aromatic carbocycles. The summed E-state index contributed by atoms with van der Waals surface area (Å²) >= 11 is 0. The molecule has 6 heteroatoms. The summed E-state index contributed by atoms with van der Waals surface area (Å²) in [6, 6.07) is 7.15. The number of ether oxygens (including phenoxy) is 1. The maximum atomic E-state index is 11.8. The Labute approximate surface area is 123 Å². The molecule has 6 nitrogen and oxygen atoms in total. The number of urea groups is 1. The van der Waals surface area contributed by atoms with Crippen LogP contribution in [0.5, 0.6) is 5.75 Å². The average Bonchev–Trinajstić information content (AvgIpc) is 2.43. The predicted molar refractivity (Wildman–Crippen MR) is 77.5 cm³/mol. The summed E-state index contributed by atoms with van der Waals surface area (Å²) in [6.45, 7) is 0.419. The fourth-order valence-corrected chi connectivity index (χ4v) is 2.40. The van der Waals surface area contributed by atoms with E-state index in [0.717, 1.165) is 17.7 Å². The highest BCUT2D eigenvalue weighted by molar-refractivity contribution is 5.87. The molecule has 1 aromatic rings. The molecule has 0 heterocycles. The highest BCUT2D eigenvalue weighted by Crippen LogP contribution is 2.31. The van der Waals surface area contributed by atoms with Gasteiger partial charge in [0.25, 0.3) is 0 Å². The molecule has 0 atom stereocenters. The van der Waals surface area contributed by atoms with Gasteiger partial charge in [0.05, 0.1) is 7.11 Å². The predicted octanol–water partition coefficient (Wildman–Crippen LogP) is 1.54. The fraction of sp³-hybridized carbons (Fsp3) is 0.467. The van der Waals surface area contributed by atoms with Crippen LogP contribution < -0.4 is 15.4 Å². The van der Waals surface area contributed by atoms with E-state index in [1.165, 1.54) is 0 Å². The second-order valence-electron chi connectivity index (χ2n) is 5.18. The molecule has 21 heavy (non-hydrogen) atoms. The minimum atomic E-state index is -1.07. The van der Waals surface area contributed by atoms with Gasteiger partial charge in [0.2, 0.25) is 0 Å². The van der Waals surface area contributed by atoms with Crippen LogP contribution in [-0.2, 0) is 11.2 Å². The van der Waals surface area contributed by atoms with Crippen molar-refractivity contribution in [1.29, 1.82) is 0 Å². The topological polar surface area (TPSA) is 87.7 Å². The highest BCUT2D eigenvalue weighted by atomic mass is 16.5. The van der Waals surface area contributed by atoms with Gasteiger partial charge in [-0.3, -0.25) is 0 Å². The first-order valence-corrected chi connectivity index (χ1v) is 6.99. The summed E-state index contributed by atoms with van der Waals surface area (Å²) in [7, 11) is 1.60. The van der Waals surface area contributed by atoms with Crippen LogP contribution in [0.3, 0.4) is 0 Å². The van der Waals surface area contributed by atoms with Crippen LogP contribution in [0, 0.1) is 0 Å². The third-order valence-corrected chi connectivity index (χ3v) is 3.84. The summed E-state index contributed by atoms with van der Waals surface area (Å²) in [5.74, 6) is -0.186. The Morgan fingerprint density at radius 2 is 2.05 bits per heavy atom. The summed E-state index contributed by atoms with van der Waals surface area (Å²) in [5, 5.41) is 14.4. The number of aliphatic carboxylic acids is 1. The zero-order valence-corrected chi connectivity index (χ0v) is 12.0. The lowest BCUT2D eigenvalue weighted by Gasteiger charge is -2.38. The average molecular weight is 292 g/mol. The lowest BCUT2D eigenvalue weighted by atomic mass is 9.77. The van der Waals surface area contributed by atoms with Gasteiger partial charge >= 0.3 is 12.0 Å². The minimum Gasteiger partial charge on any atom is -0.496 e. The Hall–Kier alpha value is -2.24. The molecule has 0 unspecified atom stereocenters. The lowest BCUT2D eigenvalue weighted by molar-refractivity contribution is -0.148. The molecule has 1 aliphatic carbocycles. The van der Waals surface area contributed by atoms with E-state index in [1.807, 2.05) is 24.3 Å². The Balaban J connectivity index is 1.81. The maximum Gasteiger partial charge on any atom is 0.329 e. The van der Waals surface area contributed by atoms with Crippen LogP contribution >= 0.6 is 0 Å². The van der Waals surface area contributed by atoms with Crippen LogP contribution in [0.2, 0.25) is 0 Å². The summed E-state index contributed by atoms with van der Waals surface area (Å²) in [4.78, 5) is 22.9. The Bertz CT molecular complexity index is 526. The number of hydrogen-bond donors (Lipinski definition) is 3. The van der Waals surface area contributed by atoms with E-state index in [2.05, 4.69) is 10.6 Å². The van der Waals surface area contributed by atoms with Gasteiger partial charge < -0.3 is 20.5 Å². The van der Waals surface area contributed by atoms with Gasteiger partial charge in [0.15, 0.2) is 0 Å². The summed E-state index contributed by atoms with van der Waals surface area (Å²) in [5.41, 5.74) is -0.0778. The van der Waals surface area contributed by atoms with Crippen molar-refractivity contribution in [2.75, 3.05) is 13.7 Å². The van der Waals surface area contributed by atoms with E-state index < -0.39 is 17.5 Å². The van der Waals surface area contributed by atoms with E-state index >= 15 is 0 Å². The number of hydrogen-bond acceptors (Lipinski definition) is 3. The number of carbonyl (C=O) groups excluding carboxylic acids is 1. The molecule has 1 fully saturated rings. The van der Waals surface area contributed by atoms with E-state index in [9.17, 15) is 9.59 Å². The van der Waals surface area contributed by atoms with Gasteiger partial charge in [0.1, 0.15) is 11.3 Å². The molecule has 0 bridgehead atoms. The number of carboxylic acid groups (broad SMARTS) is 1. The number of rotatable bonds is 6. The maximum absolute atomic E-state index is 11.8. The Kier molecular flexibility index (Phi) is 4.67. The van der Waals surface area contributed by atoms with E-state index in [-0.39, 0.29) is 0 Å². The first-order chi connectivity index (χ1) is 10.1. The van der Waals surface area contributed by atoms with E-state index in [0.29, 0.717) is 25.8 Å². The van der Waals surface area contributed by atoms with Gasteiger partial charge in [-0.05, 0) is 37.3 Å². The van der Waals surface area contributed by atoms with E-state index in [4.69, 9.17) is 9.84 Å². The van der Waals surface area contributed by atoms with E-state index in [1.54, 1.807) is 7.11 Å². The number of carboxylic acids is 1. The van der Waals surface area contributed by atoms with Gasteiger partial charge in [-0.25, -0.2) is 9.59 Å². The minimum absolute atomic E-state index is 0.419. The zero-order valence-electron chi connectivity index (χ0n) is 12.0. The van der Waals surface area contributed by atoms with Crippen LogP contribution in [0.4, 0.5) is 4.79 Å². The second kappa shape index (κ2) is 6.47. The first-order valence-electron chi connectivity index (χ1n) is 6.99. The number of amides is 2. The van der Waals surface area contributed by atoms with Crippen molar-refractivity contribution in [2.45, 2.75) is 31.2 Å². The molecule has 3 N–H and O–H groups in total. The number of carbonyl (C=O) groups is 2. The highest BCUT2D eigenvalue weighted by Gasteiger charge is 2.45. The molecule has 0 saturated heterocycles. The molecule has 0 radical (unpaired) electrons. The molecule has 1 aliphatic rings. The molecule has 2 amide bonds. The number of para-hydroxylation sites is 1. The molecule has 2 rings (SSSR count). The Morgan fingerprint density at radius 3 is 2.62 bits per heavy atom. The van der Waals surface area contributed by atoms with Gasteiger partial charge in [-0.2, -0.15) is 0 Å². The third kappa shape index (κ3) is 3.45. The van der Waals surface area contributed by atoms with Crippen LogP contribution in [0.15, 0.2) is 24.3 Å². The van der Waals surface area contributed by atoms with Crippen molar-refractivity contribution in [3.8, 4) is 5.75 Å². The standard InChI is InChI=1S/C15H20N2O4/c1-21-12-6-3-2-5-11(12)7-10-16-14(20)17-15(13(18)19)8-4-9-15/h2-3,5-6H,4,7-10H2,1H3,(H,18,19)(H2,16,17,20). The molecular formula is C15H20N2O4. The van der Waals surface area contributed by atoms with Crippen LogP contribution in [-0.4, -0.2) is 36.3 Å². The van der Waals surface area contributed by atoms with Gasteiger partial charge in [-0.15, -0.1) is 0 Å². The molecule has 1 saturated carbocycles. The van der Waals surface area contributed by atoms with Gasteiger partial charge in [0, 0.05) is 6.54 Å². The normalized spacial score (nSPS) is 15.7. The number of benzene rings is 1.